The van der Waals surface area contributed by atoms with Gasteiger partial charge in [0.05, 0.1) is 24.4 Å². The lowest BCUT2D eigenvalue weighted by Crippen LogP contribution is -2.27. The number of aliphatic hydroxyl groups is 4. The molecule has 46 heavy (non-hydrogen) atoms. The van der Waals surface area contributed by atoms with Crippen LogP contribution in [0.25, 0.3) is 0 Å². The van der Waals surface area contributed by atoms with Crippen molar-refractivity contribution in [2.75, 3.05) is 27.4 Å². The third-order valence-corrected chi connectivity index (χ3v) is 11.8. The molecule has 6 nitrogen and oxygen atoms in total. The van der Waals surface area contributed by atoms with Crippen molar-refractivity contribution in [2.24, 2.45) is 47.3 Å². The maximum atomic E-state index is 9.61. The van der Waals surface area contributed by atoms with E-state index in [-0.39, 0.29) is 24.4 Å². The molecular weight excluding hydrogens is 576 g/mol. The van der Waals surface area contributed by atoms with E-state index in [2.05, 4.69) is 41.5 Å². The summed E-state index contributed by atoms with van der Waals surface area (Å²) in [6, 6.07) is 0. The molecule has 0 aromatic carbocycles. The van der Waals surface area contributed by atoms with Gasteiger partial charge in [0, 0.05) is 27.4 Å². The highest BCUT2D eigenvalue weighted by Gasteiger charge is 2.27. The van der Waals surface area contributed by atoms with Crippen molar-refractivity contribution in [3.05, 3.63) is 0 Å². The zero-order chi connectivity index (χ0) is 34.5. The maximum Gasteiger partial charge on any atom is 0.0568 e. The first-order valence-electron chi connectivity index (χ1n) is 19.6. The van der Waals surface area contributed by atoms with Gasteiger partial charge in [-0.3, -0.25) is 0 Å². The van der Waals surface area contributed by atoms with Gasteiger partial charge in [-0.05, 0) is 131 Å². The number of rotatable bonds is 10. The molecule has 0 aromatic rings. The van der Waals surface area contributed by atoms with E-state index in [1.807, 2.05) is 0 Å². The van der Waals surface area contributed by atoms with Crippen LogP contribution in [-0.4, -0.2) is 72.3 Å². The van der Waals surface area contributed by atoms with Crippen molar-refractivity contribution in [1.82, 2.24) is 0 Å². The van der Waals surface area contributed by atoms with E-state index in [4.69, 9.17) is 9.47 Å². The minimum absolute atomic E-state index is 0.0110. The highest BCUT2D eigenvalue weighted by Crippen LogP contribution is 2.33. The predicted molar refractivity (Wildman–Crippen MR) is 193 cm³/mol. The summed E-state index contributed by atoms with van der Waals surface area (Å²) in [5.74, 6) is 5.26. The molecule has 4 rings (SSSR count). The lowest BCUT2D eigenvalue weighted by Gasteiger charge is -2.30. The molecule has 0 spiro atoms. The van der Waals surface area contributed by atoms with Gasteiger partial charge in [-0.1, -0.05) is 73.6 Å². The first kappa shape index (κ1) is 43.8. The van der Waals surface area contributed by atoms with Gasteiger partial charge in [0.15, 0.2) is 0 Å². The number of ether oxygens (including phenoxy) is 2. The quantitative estimate of drug-likeness (QED) is 0.188. The van der Waals surface area contributed by atoms with Gasteiger partial charge in [0.2, 0.25) is 0 Å². The maximum absolute atomic E-state index is 9.61. The lowest BCUT2D eigenvalue weighted by atomic mass is 9.79. The summed E-state index contributed by atoms with van der Waals surface area (Å²) in [5, 5.41) is 38.1. The molecule has 0 heterocycles. The van der Waals surface area contributed by atoms with Crippen molar-refractivity contribution >= 4 is 0 Å². The molecule has 4 aliphatic rings. The van der Waals surface area contributed by atoms with Crippen molar-refractivity contribution in [2.45, 2.75) is 182 Å². The third-order valence-electron chi connectivity index (χ3n) is 11.8. The normalized spacial score (nSPS) is 37.8. The Balaban J connectivity index is 0.000000307. The molecule has 4 aliphatic carbocycles. The molecule has 0 aromatic heterocycles. The molecule has 0 radical (unpaired) electrons. The molecule has 6 heteroatoms. The zero-order valence-electron chi connectivity index (χ0n) is 31.7. The van der Waals surface area contributed by atoms with Crippen molar-refractivity contribution in [3.63, 3.8) is 0 Å². The van der Waals surface area contributed by atoms with Gasteiger partial charge < -0.3 is 29.9 Å². The fourth-order valence-corrected chi connectivity index (χ4v) is 8.18. The number of hydrogen-bond donors (Lipinski definition) is 4. The Morgan fingerprint density at radius 1 is 0.413 bits per heavy atom. The SMILES string of the molecule is CCCC1CCC(C)C(O)C1.CCCC1CCC(O)C(C)C1.COCCC1CCC(C)C(O)C1.COCCC1CCC(O)C(C)C1. The van der Waals surface area contributed by atoms with Gasteiger partial charge in [0.25, 0.3) is 0 Å². The van der Waals surface area contributed by atoms with Gasteiger partial charge in [-0.25, -0.2) is 0 Å². The molecule has 4 fully saturated rings. The van der Waals surface area contributed by atoms with Crippen LogP contribution in [0.15, 0.2) is 0 Å². The Bertz CT molecular complexity index is 643. The van der Waals surface area contributed by atoms with Gasteiger partial charge in [-0.2, -0.15) is 0 Å². The van der Waals surface area contributed by atoms with Crippen LogP contribution in [0.1, 0.15) is 157 Å². The second-order valence-electron chi connectivity index (χ2n) is 16.0. The van der Waals surface area contributed by atoms with Crippen LogP contribution in [-0.2, 0) is 9.47 Å². The molecule has 4 saturated carbocycles. The standard InChI is InChI=1S/2C10H20O2.2C10H20O/c1-8-7-9(5-6-12-2)3-4-10(8)11;1-8-3-4-9(5-6-12-2)7-10(8)11;1-3-4-9-5-6-10(11)8(2)7-9;1-3-4-9-6-5-8(2)10(11)7-9/h2*8-11H,3-7H2,1-2H3;2*8-11H,3-7H2,1-2H3. The summed E-state index contributed by atoms with van der Waals surface area (Å²) in [7, 11) is 3.49. The summed E-state index contributed by atoms with van der Waals surface area (Å²) in [6.07, 6.45) is 21.3. The monoisotopic (exact) mass is 657 g/mol. The second kappa shape index (κ2) is 25.7. The average Bonchev–Trinajstić information content (AvgIpc) is 3.03. The molecule has 0 amide bonds. The van der Waals surface area contributed by atoms with Crippen LogP contribution < -0.4 is 0 Å². The fraction of sp³-hybridized carbons (Fsp3) is 1.00. The summed E-state index contributed by atoms with van der Waals surface area (Å²) < 4.78 is 10.1. The van der Waals surface area contributed by atoms with Crippen LogP contribution in [0.4, 0.5) is 0 Å². The topological polar surface area (TPSA) is 99.4 Å². The second-order valence-corrected chi connectivity index (χ2v) is 16.0. The molecule has 0 bridgehead atoms. The van der Waals surface area contributed by atoms with Crippen LogP contribution in [0.3, 0.4) is 0 Å². The highest BCUT2D eigenvalue weighted by atomic mass is 16.5. The molecule has 12 unspecified atom stereocenters. The Morgan fingerprint density at radius 2 is 0.739 bits per heavy atom. The van der Waals surface area contributed by atoms with E-state index in [9.17, 15) is 20.4 Å². The summed E-state index contributed by atoms with van der Waals surface area (Å²) >= 11 is 0. The van der Waals surface area contributed by atoms with E-state index in [1.54, 1.807) is 14.2 Å². The summed E-state index contributed by atoms with van der Waals surface area (Å²) in [6.45, 7) is 14.8. The van der Waals surface area contributed by atoms with Crippen LogP contribution in [0.2, 0.25) is 0 Å². The summed E-state index contributed by atoms with van der Waals surface area (Å²) in [5.41, 5.74) is 0. The predicted octanol–water partition coefficient (Wildman–Crippen LogP) is 8.81. The van der Waals surface area contributed by atoms with Gasteiger partial charge in [-0.15, -0.1) is 0 Å². The first-order valence-corrected chi connectivity index (χ1v) is 19.6. The Hall–Kier alpha value is -0.240. The first-order chi connectivity index (χ1) is 21.9. The molecule has 0 aliphatic heterocycles. The van der Waals surface area contributed by atoms with Crippen LogP contribution in [0, 0.1) is 47.3 Å². The smallest absolute Gasteiger partial charge is 0.0568 e. The fourth-order valence-electron chi connectivity index (χ4n) is 8.18. The Kier molecular flexibility index (Phi) is 24.5. The highest BCUT2D eigenvalue weighted by molar-refractivity contribution is 4.79. The number of hydrogen-bond acceptors (Lipinski definition) is 6. The molecular formula is C40H80O6. The molecule has 0 saturated heterocycles. The van der Waals surface area contributed by atoms with Crippen molar-refractivity contribution < 1.29 is 29.9 Å². The zero-order valence-corrected chi connectivity index (χ0v) is 31.7. The molecule has 276 valence electrons. The van der Waals surface area contributed by atoms with E-state index in [1.165, 1.54) is 77.0 Å². The number of methoxy groups -OCH3 is 2. The minimum atomic E-state index is -0.0689. The Morgan fingerprint density at radius 3 is 1.07 bits per heavy atom. The lowest BCUT2D eigenvalue weighted by molar-refractivity contribution is 0.0433. The third kappa shape index (κ3) is 18.5. The van der Waals surface area contributed by atoms with E-state index in [0.29, 0.717) is 29.6 Å². The van der Waals surface area contributed by atoms with E-state index in [0.717, 1.165) is 69.5 Å². The van der Waals surface area contributed by atoms with Crippen LogP contribution in [0.5, 0.6) is 0 Å². The van der Waals surface area contributed by atoms with Gasteiger partial charge in [0.1, 0.15) is 0 Å². The molecule has 12 atom stereocenters. The van der Waals surface area contributed by atoms with Crippen molar-refractivity contribution in [1.29, 1.82) is 0 Å². The van der Waals surface area contributed by atoms with E-state index < -0.39 is 0 Å². The van der Waals surface area contributed by atoms with E-state index >= 15 is 0 Å². The average molecular weight is 657 g/mol. The van der Waals surface area contributed by atoms with Gasteiger partial charge >= 0.3 is 0 Å². The number of aliphatic hydroxyl groups excluding tert-OH is 4. The summed E-state index contributed by atoms with van der Waals surface area (Å²) in [4.78, 5) is 0. The minimum Gasteiger partial charge on any atom is -0.393 e. The Labute approximate surface area is 285 Å². The van der Waals surface area contributed by atoms with Crippen molar-refractivity contribution in [3.8, 4) is 0 Å². The molecule has 4 N–H and O–H groups in total. The van der Waals surface area contributed by atoms with Crippen LogP contribution >= 0.6 is 0 Å². The largest absolute Gasteiger partial charge is 0.393 e.